The molecule has 2 rings (SSSR count). The van der Waals surface area contributed by atoms with E-state index in [1.165, 1.54) is 0 Å². The molecule has 1 heterocycles. The van der Waals surface area contributed by atoms with Gasteiger partial charge in [-0.1, -0.05) is 11.6 Å². The van der Waals surface area contributed by atoms with Crippen LogP contribution >= 0.6 is 11.6 Å². The topological polar surface area (TPSA) is 59.2 Å². The highest BCUT2D eigenvalue weighted by atomic mass is 35.5. The summed E-state index contributed by atoms with van der Waals surface area (Å²) in [7, 11) is 3.86. The molecular formula is C13H14ClN3O. The van der Waals surface area contributed by atoms with Gasteiger partial charge in [0.05, 0.1) is 11.1 Å². The van der Waals surface area contributed by atoms with Gasteiger partial charge in [-0.25, -0.2) is 0 Å². The van der Waals surface area contributed by atoms with Crippen molar-refractivity contribution < 1.29 is 4.79 Å². The number of fused-ring (bicyclic) bond motifs is 1. The average molecular weight is 264 g/mol. The Bertz CT molecular complexity index is 638. The molecule has 0 aliphatic heterocycles. The van der Waals surface area contributed by atoms with Gasteiger partial charge in [0.25, 0.3) is 5.91 Å². The maximum Gasteiger partial charge on any atom is 0.250 e. The SMILES string of the molecule is Cc1cc(N(C)C)c2cc(Cl)cc(C(N)=O)c2n1. The second kappa shape index (κ2) is 4.46. The number of nitrogens with zero attached hydrogens (tertiary/aromatic N) is 2. The van der Waals surface area contributed by atoms with Crippen LogP contribution in [0.3, 0.4) is 0 Å². The predicted octanol–water partition coefficient (Wildman–Crippen LogP) is 2.36. The van der Waals surface area contributed by atoms with E-state index in [2.05, 4.69) is 4.98 Å². The molecule has 0 spiro atoms. The molecule has 0 fully saturated rings. The van der Waals surface area contributed by atoms with E-state index < -0.39 is 5.91 Å². The fourth-order valence-corrected chi connectivity index (χ4v) is 2.18. The second-order valence-electron chi connectivity index (χ2n) is 4.39. The molecule has 0 unspecified atom stereocenters. The number of halogens is 1. The van der Waals surface area contributed by atoms with E-state index in [1.54, 1.807) is 12.1 Å². The third-order valence-corrected chi connectivity index (χ3v) is 2.95. The first kappa shape index (κ1) is 12.6. The van der Waals surface area contributed by atoms with Crippen molar-refractivity contribution in [1.29, 1.82) is 0 Å². The summed E-state index contributed by atoms with van der Waals surface area (Å²) in [4.78, 5) is 17.8. The smallest absolute Gasteiger partial charge is 0.250 e. The van der Waals surface area contributed by atoms with Crippen molar-refractivity contribution in [3.05, 3.63) is 34.5 Å². The van der Waals surface area contributed by atoms with Crippen LogP contribution < -0.4 is 10.6 Å². The predicted molar refractivity (Wildman–Crippen MR) is 74.3 cm³/mol. The normalized spacial score (nSPS) is 10.7. The van der Waals surface area contributed by atoms with Gasteiger partial charge in [-0.15, -0.1) is 0 Å². The van der Waals surface area contributed by atoms with Crippen LogP contribution in [0.1, 0.15) is 16.1 Å². The molecule has 1 aromatic heterocycles. The van der Waals surface area contributed by atoms with Crippen LogP contribution in [0.25, 0.3) is 10.9 Å². The first-order valence-corrected chi connectivity index (χ1v) is 5.86. The third kappa shape index (κ3) is 2.11. The summed E-state index contributed by atoms with van der Waals surface area (Å²) in [5, 5.41) is 1.30. The van der Waals surface area contributed by atoms with E-state index in [4.69, 9.17) is 17.3 Å². The minimum absolute atomic E-state index is 0.351. The Morgan fingerprint density at radius 2 is 2.00 bits per heavy atom. The van der Waals surface area contributed by atoms with Gasteiger partial charge in [-0.2, -0.15) is 0 Å². The van der Waals surface area contributed by atoms with Crippen molar-refractivity contribution in [3.8, 4) is 0 Å². The molecule has 0 radical (unpaired) electrons. The number of anilines is 1. The third-order valence-electron chi connectivity index (χ3n) is 2.73. The van der Waals surface area contributed by atoms with E-state index in [1.807, 2.05) is 32.0 Å². The summed E-state index contributed by atoms with van der Waals surface area (Å²) in [6.45, 7) is 1.88. The molecule has 0 aliphatic rings. The van der Waals surface area contributed by atoms with Crippen molar-refractivity contribution in [3.63, 3.8) is 0 Å². The quantitative estimate of drug-likeness (QED) is 0.905. The number of nitrogens with two attached hydrogens (primary N) is 1. The number of benzene rings is 1. The molecule has 0 bridgehead atoms. The van der Waals surface area contributed by atoms with Gasteiger partial charge >= 0.3 is 0 Å². The Labute approximate surface area is 110 Å². The first-order valence-electron chi connectivity index (χ1n) is 5.48. The highest BCUT2D eigenvalue weighted by Gasteiger charge is 2.14. The first-order chi connectivity index (χ1) is 8.40. The number of primary amides is 1. The molecule has 2 N–H and O–H groups in total. The second-order valence-corrected chi connectivity index (χ2v) is 4.83. The minimum Gasteiger partial charge on any atom is -0.377 e. The Kier molecular flexibility index (Phi) is 3.13. The van der Waals surface area contributed by atoms with Crippen molar-refractivity contribution >= 4 is 34.1 Å². The lowest BCUT2D eigenvalue weighted by molar-refractivity contribution is 0.100. The van der Waals surface area contributed by atoms with E-state index >= 15 is 0 Å². The lowest BCUT2D eigenvalue weighted by Gasteiger charge is -2.17. The van der Waals surface area contributed by atoms with E-state index in [0.29, 0.717) is 16.1 Å². The van der Waals surface area contributed by atoms with Crippen LogP contribution in [0.2, 0.25) is 5.02 Å². The van der Waals surface area contributed by atoms with Crippen LogP contribution in [0.5, 0.6) is 0 Å². The number of rotatable bonds is 2. The molecule has 2 aromatic rings. The van der Waals surface area contributed by atoms with Crippen LogP contribution in [0.4, 0.5) is 5.69 Å². The Morgan fingerprint density at radius 3 is 2.56 bits per heavy atom. The molecule has 4 nitrogen and oxygen atoms in total. The maximum atomic E-state index is 11.5. The van der Waals surface area contributed by atoms with Gasteiger partial charge in [-0.3, -0.25) is 9.78 Å². The van der Waals surface area contributed by atoms with Gasteiger partial charge < -0.3 is 10.6 Å². The maximum absolute atomic E-state index is 11.5. The number of hydrogen-bond donors (Lipinski definition) is 1. The van der Waals surface area contributed by atoms with E-state index in [9.17, 15) is 4.79 Å². The molecular weight excluding hydrogens is 250 g/mol. The highest BCUT2D eigenvalue weighted by Crippen LogP contribution is 2.30. The fraction of sp³-hybridized carbons (Fsp3) is 0.231. The van der Waals surface area contributed by atoms with Gasteiger partial charge in [-0.05, 0) is 25.1 Å². The van der Waals surface area contributed by atoms with E-state index in [-0.39, 0.29) is 0 Å². The lowest BCUT2D eigenvalue weighted by Crippen LogP contribution is -2.14. The number of carbonyl (C=O) groups is 1. The van der Waals surface area contributed by atoms with Gasteiger partial charge in [0, 0.05) is 35.9 Å². The van der Waals surface area contributed by atoms with Gasteiger partial charge in [0.1, 0.15) is 0 Å². The van der Waals surface area contributed by atoms with Gasteiger partial charge in [0.2, 0.25) is 0 Å². The number of amides is 1. The number of aryl methyl sites for hydroxylation is 1. The zero-order valence-electron chi connectivity index (χ0n) is 10.5. The lowest BCUT2D eigenvalue weighted by atomic mass is 10.1. The molecule has 94 valence electrons. The summed E-state index contributed by atoms with van der Waals surface area (Å²) < 4.78 is 0. The number of carbonyl (C=O) groups excluding carboxylic acids is 1. The minimum atomic E-state index is -0.523. The number of aromatic nitrogens is 1. The molecule has 1 aromatic carbocycles. The largest absolute Gasteiger partial charge is 0.377 e. The van der Waals surface area contributed by atoms with E-state index in [0.717, 1.165) is 16.8 Å². The highest BCUT2D eigenvalue weighted by molar-refractivity contribution is 6.32. The van der Waals surface area contributed by atoms with Crippen molar-refractivity contribution in [2.75, 3.05) is 19.0 Å². The Hall–Kier alpha value is -1.81. The van der Waals surface area contributed by atoms with Crippen molar-refractivity contribution in [1.82, 2.24) is 4.98 Å². The van der Waals surface area contributed by atoms with Crippen LogP contribution in [0.15, 0.2) is 18.2 Å². The summed E-state index contributed by atoms with van der Waals surface area (Å²) in [5.41, 5.74) is 8.11. The molecule has 18 heavy (non-hydrogen) atoms. The molecule has 0 saturated carbocycles. The Morgan fingerprint density at radius 1 is 1.33 bits per heavy atom. The fourth-order valence-electron chi connectivity index (χ4n) is 1.96. The zero-order chi connectivity index (χ0) is 13.4. The summed E-state index contributed by atoms with van der Waals surface area (Å²) in [5.74, 6) is -0.523. The molecule has 5 heteroatoms. The molecule has 0 atom stereocenters. The molecule has 0 aliphatic carbocycles. The van der Waals surface area contributed by atoms with Crippen molar-refractivity contribution in [2.45, 2.75) is 6.92 Å². The van der Waals surface area contributed by atoms with Crippen molar-refractivity contribution in [2.24, 2.45) is 5.73 Å². The molecule has 0 saturated heterocycles. The number of pyridine rings is 1. The molecule has 1 amide bonds. The van der Waals surface area contributed by atoms with Gasteiger partial charge in [0.15, 0.2) is 0 Å². The van der Waals surface area contributed by atoms with Crippen LogP contribution in [0, 0.1) is 6.92 Å². The zero-order valence-corrected chi connectivity index (χ0v) is 11.2. The van der Waals surface area contributed by atoms with Crippen LogP contribution in [-0.2, 0) is 0 Å². The summed E-state index contributed by atoms with van der Waals surface area (Å²) >= 11 is 6.03. The summed E-state index contributed by atoms with van der Waals surface area (Å²) in [6, 6.07) is 5.30. The Balaban J connectivity index is 2.94. The summed E-state index contributed by atoms with van der Waals surface area (Å²) in [6.07, 6.45) is 0. The van der Waals surface area contributed by atoms with Crippen LogP contribution in [-0.4, -0.2) is 25.0 Å². The monoisotopic (exact) mass is 263 g/mol. The average Bonchev–Trinajstić information content (AvgIpc) is 2.27. The standard InChI is InChI=1S/C13H14ClN3O/c1-7-4-11(17(2)3)9-5-8(14)6-10(13(15)18)12(9)16-7/h4-6H,1-3H3,(H2,15,18). The number of hydrogen-bond acceptors (Lipinski definition) is 3.